The summed E-state index contributed by atoms with van der Waals surface area (Å²) in [4.78, 5) is 49.3. The van der Waals surface area contributed by atoms with Crippen molar-refractivity contribution in [2.24, 2.45) is 0 Å². The van der Waals surface area contributed by atoms with Gasteiger partial charge in [-0.1, -0.05) is 18.2 Å². The molecule has 4 N–H and O–H groups in total. The van der Waals surface area contributed by atoms with Crippen molar-refractivity contribution >= 4 is 11.9 Å². The van der Waals surface area contributed by atoms with E-state index in [0.717, 1.165) is 0 Å². The molecule has 8 heteroatoms. The summed E-state index contributed by atoms with van der Waals surface area (Å²) in [6.45, 7) is 0. The third kappa shape index (κ3) is 3.97. The molecule has 2 rings (SSSR count). The fraction of sp³-hybridized carbons (Fsp3) is 0.250. The number of carboxylic acid groups (broad SMARTS) is 2. The van der Waals surface area contributed by atoms with Gasteiger partial charge in [-0.05, 0) is 37.3 Å². The Labute approximate surface area is 135 Å². The maximum Gasteiger partial charge on any atom is 0.352 e. The number of nitrogens with one attached hydrogen (secondary N) is 2. The first-order chi connectivity index (χ1) is 11.4. The van der Waals surface area contributed by atoms with Gasteiger partial charge in [-0.15, -0.1) is 0 Å². The van der Waals surface area contributed by atoms with Gasteiger partial charge in [0.15, 0.2) is 0 Å². The predicted molar refractivity (Wildman–Crippen MR) is 84.7 cm³/mol. The number of aromatic nitrogens is 2. The van der Waals surface area contributed by atoms with Gasteiger partial charge in [0, 0.05) is 5.56 Å². The zero-order valence-corrected chi connectivity index (χ0v) is 12.7. The summed E-state index contributed by atoms with van der Waals surface area (Å²) in [5.41, 5.74) is -1.08. The minimum absolute atomic E-state index is 0.00798. The smallest absolute Gasteiger partial charge is 0.352 e. The van der Waals surface area contributed by atoms with Crippen LogP contribution in [0.1, 0.15) is 44.8 Å². The lowest BCUT2D eigenvalue weighted by atomic mass is 10.00. The second kappa shape index (κ2) is 7.40. The normalized spacial score (nSPS) is 10.5. The lowest BCUT2D eigenvalue weighted by molar-refractivity contribution is 0.0680. The number of hydrogen-bond donors (Lipinski definition) is 4. The monoisotopic (exact) mass is 332 g/mol. The third-order valence-corrected chi connectivity index (χ3v) is 3.63. The highest BCUT2D eigenvalue weighted by atomic mass is 16.4. The Morgan fingerprint density at radius 3 is 2.25 bits per heavy atom. The second-order valence-electron chi connectivity index (χ2n) is 5.24. The summed E-state index contributed by atoms with van der Waals surface area (Å²) in [5.74, 6) is -2.37. The molecular weight excluding hydrogens is 316 g/mol. The SMILES string of the molecule is O=C(O)c1ccccc1CCCCc1c(C(=O)O)[nH]c(=O)[nH]c1=O. The standard InChI is InChI=1S/C16H16N2O6/c19-13-11(12(15(22)23)17-16(24)18-13)8-4-2-6-9-5-1-3-7-10(9)14(20)21/h1,3,5,7H,2,4,6,8H2,(H,20,21)(H,22,23)(H2,17,18,19,24). The van der Waals surface area contributed by atoms with Gasteiger partial charge in [-0.25, -0.2) is 14.4 Å². The molecule has 1 aromatic heterocycles. The molecule has 0 fully saturated rings. The molecule has 0 aliphatic carbocycles. The van der Waals surface area contributed by atoms with E-state index in [-0.39, 0.29) is 17.5 Å². The van der Waals surface area contributed by atoms with Crippen LogP contribution in [0.5, 0.6) is 0 Å². The Bertz CT molecular complexity index is 881. The second-order valence-corrected chi connectivity index (χ2v) is 5.24. The maximum absolute atomic E-state index is 11.8. The van der Waals surface area contributed by atoms with Gasteiger partial charge < -0.3 is 15.2 Å². The average molecular weight is 332 g/mol. The van der Waals surface area contributed by atoms with E-state index in [1.165, 1.54) is 6.07 Å². The number of aryl methyl sites for hydroxylation is 1. The zero-order valence-electron chi connectivity index (χ0n) is 12.7. The molecule has 126 valence electrons. The number of carboxylic acids is 2. The van der Waals surface area contributed by atoms with E-state index in [1.807, 2.05) is 4.98 Å². The highest BCUT2D eigenvalue weighted by Gasteiger charge is 2.15. The molecule has 0 radical (unpaired) electrons. The Balaban J connectivity index is 2.06. The van der Waals surface area contributed by atoms with Crippen molar-refractivity contribution in [3.05, 3.63) is 67.5 Å². The molecule has 24 heavy (non-hydrogen) atoms. The number of H-pyrrole nitrogens is 2. The molecule has 1 aromatic carbocycles. The Kier molecular flexibility index (Phi) is 5.31. The molecule has 0 aliphatic heterocycles. The van der Waals surface area contributed by atoms with Gasteiger partial charge in [0.25, 0.3) is 5.56 Å². The Morgan fingerprint density at radius 1 is 0.917 bits per heavy atom. The summed E-state index contributed by atoms with van der Waals surface area (Å²) in [7, 11) is 0. The number of hydrogen-bond acceptors (Lipinski definition) is 4. The average Bonchev–Trinajstić information content (AvgIpc) is 2.52. The van der Waals surface area contributed by atoms with Crippen molar-refractivity contribution in [3.8, 4) is 0 Å². The first-order valence-corrected chi connectivity index (χ1v) is 7.30. The van der Waals surface area contributed by atoms with Gasteiger partial charge >= 0.3 is 17.6 Å². The number of carbonyl (C=O) groups is 2. The van der Waals surface area contributed by atoms with Crippen LogP contribution >= 0.6 is 0 Å². The number of rotatable bonds is 7. The first kappa shape index (κ1) is 17.2. The quantitative estimate of drug-likeness (QED) is 0.558. The molecule has 0 atom stereocenters. The van der Waals surface area contributed by atoms with Crippen molar-refractivity contribution < 1.29 is 19.8 Å². The van der Waals surface area contributed by atoms with E-state index in [4.69, 9.17) is 10.2 Å². The van der Waals surface area contributed by atoms with Gasteiger partial charge in [0.2, 0.25) is 0 Å². The molecule has 0 saturated carbocycles. The Hall–Kier alpha value is -3.16. The third-order valence-electron chi connectivity index (χ3n) is 3.63. The van der Waals surface area contributed by atoms with Crippen molar-refractivity contribution in [1.82, 2.24) is 9.97 Å². The molecule has 2 aromatic rings. The summed E-state index contributed by atoms with van der Waals surface area (Å²) in [6.07, 6.45) is 1.71. The van der Waals surface area contributed by atoms with E-state index in [9.17, 15) is 19.2 Å². The minimum Gasteiger partial charge on any atom is -0.478 e. The predicted octanol–water partition coefficient (Wildman–Crippen LogP) is 1.03. The number of aromatic amines is 2. The van der Waals surface area contributed by atoms with Crippen LogP contribution in [0, 0.1) is 0 Å². The van der Waals surface area contributed by atoms with E-state index in [0.29, 0.717) is 24.8 Å². The van der Waals surface area contributed by atoms with Crippen LogP contribution in [-0.4, -0.2) is 32.1 Å². The lowest BCUT2D eigenvalue weighted by Crippen LogP contribution is -2.30. The number of unbranched alkanes of at least 4 members (excludes halogenated alkanes) is 1. The minimum atomic E-state index is -1.37. The van der Waals surface area contributed by atoms with Crippen LogP contribution in [-0.2, 0) is 12.8 Å². The van der Waals surface area contributed by atoms with Gasteiger partial charge in [-0.2, -0.15) is 0 Å². The van der Waals surface area contributed by atoms with E-state index < -0.39 is 28.9 Å². The van der Waals surface area contributed by atoms with Gasteiger partial charge in [0.05, 0.1) is 5.56 Å². The highest BCUT2D eigenvalue weighted by molar-refractivity contribution is 5.89. The Morgan fingerprint density at radius 2 is 1.58 bits per heavy atom. The lowest BCUT2D eigenvalue weighted by Gasteiger charge is -2.07. The molecule has 0 aliphatic rings. The largest absolute Gasteiger partial charge is 0.478 e. The van der Waals surface area contributed by atoms with Gasteiger partial charge in [-0.3, -0.25) is 9.78 Å². The fourth-order valence-electron chi connectivity index (χ4n) is 2.50. The van der Waals surface area contributed by atoms with Crippen LogP contribution in [0.15, 0.2) is 33.9 Å². The summed E-state index contributed by atoms with van der Waals surface area (Å²) in [5, 5.41) is 18.2. The van der Waals surface area contributed by atoms with Crippen LogP contribution in [0.2, 0.25) is 0 Å². The highest BCUT2D eigenvalue weighted by Crippen LogP contribution is 2.13. The van der Waals surface area contributed by atoms with E-state index in [2.05, 4.69) is 4.98 Å². The molecule has 0 bridgehead atoms. The molecule has 0 spiro atoms. The van der Waals surface area contributed by atoms with Crippen molar-refractivity contribution in [3.63, 3.8) is 0 Å². The number of aromatic carboxylic acids is 2. The van der Waals surface area contributed by atoms with E-state index in [1.54, 1.807) is 18.2 Å². The zero-order chi connectivity index (χ0) is 17.7. The maximum atomic E-state index is 11.8. The summed E-state index contributed by atoms with van der Waals surface area (Å²) >= 11 is 0. The van der Waals surface area contributed by atoms with Crippen LogP contribution in [0.4, 0.5) is 0 Å². The van der Waals surface area contributed by atoms with Crippen LogP contribution in [0.3, 0.4) is 0 Å². The molecule has 0 unspecified atom stereocenters. The van der Waals surface area contributed by atoms with Crippen LogP contribution < -0.4 is 11.2 Å². The van der Waals surface area contributed by atoms with Crippen molar-refractivity contribution in [2.75, 3.05) is 0 Å². The molecule has 8 nitrogen and oxygen atoms in total. The summed E-state index contributed by atoms with van der Waals surface area (Å²) in [6, 6.07) is 6.63. The van der Waals surface area contributed by atoms with E-state index >= 15 is 0 Å². The van der Waals surface area contributed by atoms with Crippen LogP contribution in [0.25, 0.3) is 0 Å². The first-order valence-electron chi connectivity index (χ1n) is 7.30. The van der Waals surface area contributed by atoms with Gasteiger partial charge in [0.1, 0.15) is 5.69 Å². The molecular formula is C16H16N2O6. The van der Waals surface area contributed by atoms with Crippen molar-refractivity contribution in [1.29, 1.82) is 0 Å². The number of benzene rings is 1. The van der Waals surface area contributed by atoms with Crippen molar-refractivity contribution in [2.45, 2.75) is 25.7 Å². The fourth-order valence-corrected chi connectivity index (χ4v) is 2.50. The molecule has 0 amide bonds. The summed E-state index contributed by atoms with van der Waals surface area (Å²) < 4.78 is 0. The molecule has 1 heterocycles. The molecule has 0 saturated heterocycles. The topological polar surface area (TPSA) is 140 Å².